The van der Waals surface area contributed by atoms with E-state index in [4.69, 9.17) is 4.74 Å². The molecule has 16 heavy (non-hydrogen) atoms. The van der Waals surface area contributed by atoms with E-state index in [2.05, 4.69) is 44.6 Å². The highest BCUT2D eigenvalue weighted by Gasteiger charge is 2.33. The number of fused-ring (bicyclic) bond motifs is 2. The van der Waals surface area contributed by atoms with Gasteiger partial charge in [0, 0.05) is 25.8 Å². The second-order valence-corrected chi connectivity index (χ2v) is 5.85. The number of piperidine rings is 1. The van der Waals surface area contributed by atoms with E-state index < -0.39 is 0 Å². The van der Waals surface area contributed by atoms with Crippen molar-refractivity contribution in [1.82, 2.24) is 9.88 Å². The Hall–Kier alpha value is -0.200. The molecule has 2 aliphatic heterocycles. The molecule has 2 saturated heterocycles. The van der Waals surface area contributed by atoms with Gasteiger partial charge in [0.2, 0.25) is 0 Å². The Balaban J connectivity index is 1.64. The summed E-state index contributed by atoms with van der Waals surface area (Å²) in [6.45, 7) is 4.25. The number of ether oxygens (including phenoxy) is 1. The lowest BCUT2D eigenvalue weighted by atomic mass is 10.00. The molecule has 0 radical (unpaired) electrons. The molecule has 0 spiro atoms. The fraction of sp³-hybridized carbons (Fsp3) is 0.583. The minimum Gasteiger partial charge on any atom is -0.377 e. The Morgan fingerprint density at radius 2 is 2.38 bits per heavy atom. The predicted molar refractivity (Wildman–Crippen MR) is 70.1 cm³/mol. The highest BCUT2D eigenvalue weighted by Crippen LogP contribution is 2.27. The van der Waals surface area contributed by atoms with Crippen molar-refractivity contribution in [3.63, 3.8) is 0 Å². The Morgan fingerprint density at radius 3 is 3.12 bits per heavy atom. The SMILES string of the molecule is Ic1ccc(CN2CC3COC(C3)C2)cn1. The first-order valence-electron chi connectivity index (χ1n) is 5.74. The molecule has 4 heteroatoms. The van der Waals surface area contributed by atoms with Crippen molar-refractivity contribution >= 4 is 22.6 Å². The average Bonchev–Trinajstić information content (AvgIpc) is 2.62. The summed E-state index contributed by atoms with van der Waals surface area (Å²) < 4.78 is 6.76. The first kappa shape index (κ1) is 10.9. The van der Waals surface area contributed by atoms with Crippen LogP contribution in [0.2, 0.25) is 0 Å². The van der Waals surface area contributed by atoms with E-state index in [0.29, 0.717) is 6.10 Å². The van der Waals surface area contributed by atoms with Crippen LogP contribution in [-0.2, 0) is 11.3 Å². The van der Waals surface area contributed by atoms with E-state index in [-0.39, 0.29) is 0 Å². The smallest absolute Gasteiger partial charge is 0.101 e. The molecule has 2 unspecified atom stereocenters. The minimum atomic E-state index is 0.482. The van der Waals surface area contributed by atoms with Crippen molar-refractivity contribution in [2.45, 2.75) is 19.1 Å². The quantitative estimate of drug-likeness (QED) is 0.612. The number of hydrogen-bond donors (Lipinski definition) is 0. The zero-order chi connectivity index (χ0) is 11.0. The molecule has 86 valence electrons. The summed E-state index contributed by atoms with van der Waals surface area (Å²) in [6, 6.07) is 4.25. The second kappa shape index (κ2) is 4.58. The third-order valence-electron chi connectivity index (χ3n) is 3.34. The number of rotatable bonds is 2. The van der Waals surface area contributed by atoms with Crippen LogP contribution in [0.5, 0.6) is 0 Å². The van der Waals surface area contributed by atoms with E-state index in [1.165, 1.54) is 18.5 Å². The fourth-order valence-corrected chi connectivity index (χ4v) is 2.97. The van der Waals surface area contributed by atoms with Gasteiger partial charge < -0.3 is 4.74 Å². The molecule has 2 aliphatic rings. The third-order valence-corrected chi connectivity index (χ3v) is 3.98. The molecule has 0 aliphatic carbocycles. The van der Waals surface area contributed by atoms with Crippen molar-refractivity contribution in [2.75, 3.05) is 19.7 Å². The van der Waals surface area contributed by atoms with Gasteiger partial charge in [-0.3, -0.25) is 9.88 Å². The zero-order valence-electron chi connectivity index (χ0n) is 9.10. The molecule has 2 atom stereocenters. The van der Waals surface area contributed by atoms with Gasteiger partial charge in [0.1, 0.15) is 3.70 Å². The summed E-state index contributed by atoms with van der Waals surface area (Å²) in [5.74, 6) is 0.760. The van der Waals surface area contributed by atoms with E-state index in [1.807, 2.05) is 6.20 Å². The third kappa shape index (κ3) is 2.38. The summed E-state index contributed by atoms with van der Waals surface area (Å²) in [5, 5.41) is 0. The standard InChI is InChI=1S/C12H15IN2O/c13-12-2-1-9(4-14-12)5-15-6-10-3-11(7-15)16-8-10/h1-2,4,10-11H,3,5-8H2. The van der Waals surface area contributed by atoms with Crippen molar-refractivity contribution in [3.05, 3.63) is 27.6 Å². The fourth-order valence-electron chi connectivity index (χ4n) is 2.65. The van der Waals surface area contributed by atoms with Gasteiger partial charge in [0.15, 0.2) is 0 Å². The van der Waals surface area contributed by atoms with Gasteiger partial charge >= 0.3 is 0 Å². The van der Waals surface area contributed by atoms with Gasteiger partial charge in [-0.25, -0.2) is 0 Å². The number of pyridine rings is 1. The number of nitrogens with zero attached hydrogens (tertiary/aromatic N) is 2. The molecular weight excluding hydrogens is 315 g/mol. The maximum atomic E-state index is 5.71. The molecule has 3 heterocycles. The topological polar surface area (TPSA) is 25.4 Å². The van der Waals surface area contributed by atoms with Crippen molar-refractivity contribution in [1.29, 1.82) is 0 Å². The maximum Gasteiger partial charge on any atom is 0.101 e. The molecule has 0 saturated carbocycles. The Bertz CT molecular complexity index is 356. The van der Waals surface area contributed by atoms with Crippen LogP contribution in [0.15, 0.2) is 18.3 Å². The largest absolute Gasteiger partial charge is 0.377 e. The maximum absolute atomic E-state index is 5.71. The molecular formula is C12H15IN2O. The summed E-state index contributed by atoms with van der Waals surface area (Å²) in [6.07, 6.45) is 3.73. The van der Waals surface area contributed by atoms with Crippen LogP contribution >= 0.6 is 22.6 Å². The molecule has 0 N–H and O–H groups in total. The Labute approximate surface area is 109 Å². The molecule has 1 aromatic heterocycles. The minimum absolute atomic E-state index is 0.482. The number of aromatic nitrogens is 1. The monoisotopic (exact) mass is 330 g/mol. The van der Waals surface area contributed by atoms with E-state index in [0.717, 1.165) is 29.3 Å². The van der Waals surface area contributed by atoms with E-state index in [1.54, 1.807) is 0 Å². The van der Waals surface area contributed by atoms with Gasteiger partial charge in [0.25, 0.3) is 0 Å². The van der Waals surface area contributed by atoms with Crippen LogP contribution < -0.4 is 0 Å². The molecule has 2 fully saturated rings. The Kier molecular flexibility index (Phi) is 3.13. The lowest BCUT2D eigenvalue weighted by molar-refractivity contribution is 0.0817. The summed E-state index contributed by atoms with van der Waals surface area (Å²) in [7, 11) is 0. The highest BCUT2D eigenvalue weighted by atomic mass is 127. The van der Waals surface area contributed by atoms with Crippen LogP contribution in [0, 0.1) is 9.62 Å². The summed E-state index contributed by atoms with van der Waals surface area (Å²) >= 11 is 2.24. The summed E-state index contributed by atoms with van der Waals surface area (Å²) in [5.41, 5.74) is 1.31. The van der Waals surface area contributed by atoms with Crippen LogP contribution in [0.25, 0.3) is 0 Å². The predicted octanol–water partition coefficient (Wildman–Crippen LogP) is 1.91. The lowest BCUT2D eigenvalue weighted by Gasteiger charge is -2.30. The Morgan fingerprint density at radius 1 is 1.44 bits per heavy atom. The molecule has 1 aromatic rings. The first-order chi connectivity index (χ1) is 7.79. The highest BCUT2D eigenvalue weighted by molar-refractivity contribution is 14.1. The number of likely N-dealkylation sites (tertiary alicyclic amines) is 1. The van der Waals surface area contributed by atoms with E-state index >= 15 is 0 Å². The second-order valence-electron chi connectivity index (χ2n) is 4.74. The molecule has 0 aromatic carbocycles. The average molecular weight is 330 g/mol. The number of halogens is 1. The zero-order valence-corrected chi connectivity index (χ0v) is 11.3. The van der Waals surface area contributed by atoms with Gasteiger partial charge in [-0.15, -0.1) is 0 Å². The van der Waals surface area contributed by atoms with Gasteiger partial charge in [-0.05, 0) is 46.6 Å². The van der Waals surface area contributed by atoms with Crippen molar-refractivity contribution in [3.8, 4) is 0 Å². The van der Waals surface area contributed by atoms with Crippen LogP contribution in [-0.4, -0.2) is 35.7 Å². The van der Waals surface area contributed by atoms with Crippen LogP contribution in [0.1, 0.15) is 12.0 Å². The van der Waals surface area contributed by atoms with Gasteiger partial charge in [-0.2, -0.15) is 0 Å². The van der Waals surface area contributed by atoms with Crippen LogP contribution in [0.4, 0.5) is 0 Å². The molecule has 0 amide bonds. The normalized spacial score (nSPS) is 29.6. The van der Waals surface area contributed by atoms with Crippen LogP contribution in [0.3, 0.4) is 0 Å². The molecule has 2 bridgehead atoms. The van der Waals surface area contributed by atoms with Gasteiger partial charge in [0.05, 0.1) is 12.7 Å². The van der Waals surface area contributed by atoms with Crippen molar-refractivity contribution < 1.29 is 4.74 Å². The van der Waals surface area contributed by atoms with E-state index in [9.17, 15) is 0 Å². The first-order valence-corrected chi connectivity index (χ1v) is 6.82. The lowest BCUT2D eigenvalue weighted by Crippen LogP contribution is -2.38. The molecule has 3 rings (SSSR count). The molecule has 3 nitrogen and oxygen atoms in total. The number of hydrogen-bond acceptors (Lipinski definition) is 3. The summed E-state index contributed by atoms with van der Waals surface area (Å²) in [4.78, 5) is 6.82. The van der Waals surface area contributed by atoms with Crippen molar-refractivity contribution in [2.24, 2.45) is 5.92 Å². The van der Waals surface area contributed by atoms with Gasteiger partial charge in [-0.1, -0.05) is 6.07 Å².